The van der Waals surface area contributed by atoms with Crippen LogP contribution in [0.2, 0.25) is 0 Å². The highest BCUT2D eigenvalue weighted by Gasteiger charge is 2.23. The molecule has 2 nitrogen and oxygen atoms in total. The van der Waals surface area contributed by atoms with Gasteiger partial charge in [-0.2, -0.15) is 0 Å². The molecule has 1 N–H and O–H groups in total. The third-order valence-corrected chi connectivity index (χ3v) is 4.31. The average Bonchev–Trinajstić information content (AvgIpc) is 2.46. The molecule has 0 fully saturated rings. The Bertz CT molecular complexity index is 649. The zero-order chi connectivity index (χ0) is 15.0. The third-order valence-electron chi connectivity index (χ3n) is 4.31. The lowest BCUT2D eigenvalue weighted by Crippen LogP contribution is -2.41. The lowest BCUT2D eigenvalue weighted by Gasteiger charge is -2.38. The molecule has 0 aromatic heterocycles. The number of nitrogens with zero attached hydrogens (tertiary/aromatic N) is 1. The summed E-state index contributed by atoms with van der Waals surface area (Å²) in [6.45, 7) is 8.23. The Morgan fingerprint density at radius 1 is 1.14 bits per heavy atom. The minimum Gasteiger partial charge on any atom is -0.381 e. The highest BCUT2D eigenvalue weighted by atomic mass is 19.1. The second-order valence-electron chi connectivity index (χ2n) is 5.94. The highest BCUT2D eigenvalue weighted by molar-refractivity contribution is 5.74. The summed E-state index contributed by atoms with van der Waals surface area (Å²) in [5.41, 5.74) is 6.17. The summed E-state index contributed by atoms with van der Waals surface area (Å²) >= 11 is 0. The van der Waals surface area contributed by atoms with Crippen LogP contribution in [0.1, 0.15) is 23.6 Å². The molecular weight excluding hydrogens is 263 g/mol. The van der Waals surface area contributed by atoms with E-state index in [0.29, 0.717) is 6.04 Å². The topological polar surface area (TPSA) is 15.3 Å². The van der Waals surface area contributed by atoms with Crippen LogP contribution >= 0.6 is 0 Å². The number of benzene rings is 2. The number of hydrogen-bond donors (Lipinski definition) is 1. The molecule has 2 aromatic rings. The summed E-state index contributed by atoms with van der Waals surface area (Å²) in [6, 6.07) is 11.7. The summed E-state index contributed by atoms with van der Waals surface area (Å²) in [5.74, 6) is -0.182. The van der Waals surface area contributed by atoms with E-state index in [1.165, 1.54) is 34.6 Å². The first-order valence-electron chi connectivity index (χ1n) is 7.41. The van der Waals surface area contributed by atoms with E-state index in [-0.39, 0.29) is 5.82 Å². The summed E-state index contributed by atoms with van der Waals surface area (Å²) in [5, 5.41) is 3.50. The number of rotatable bonds is 2. The van der Waals surface area contributed by atoms with E-state index in [1.807, 2.05) is 12.1 Å². The molecule has 1 atom stereocenters. The van der Waals surface area contributed by atoms with Crippen LogP contribution in [0.25, 0.3) is 0 Å². The van der Waals surface area contributed by atoms with Gasteiger partial charge in [-0.05, 0) is 61.7 Å². The smallest absolute Gasteiger partial charge is 0.123 e. The van der Waals surface area contributed by atoms with Crippen LogP contribution in [-0.2, 0) is 6.54 Å². The molecule has 0 saturated heterocycles. The molecule has 21 heavy (non-hydrogen) atoms. The summed E-state index contributed by atoms with van der Waals surface area (Å²) in [7, 11) is 0. The van der Waals surface area contributed by atoms with Gasteiger partial charge in [-0.15, -0.1) is 0 Å². The number of anilines is 2. The standard InChI is InChI=1S/C18H21FN2/c1-12-8-17-18(9-13(12)2)21(14(3)10-20-17)11-15-4-6-16(19)7-5-15/h4-9,14,20H,10-11H2,1-3H3. The monoisotopic (exact) mass is 284 g/mol. The maximum atomic E-state index is 13.1. The molecule has 0 amide bonds. The Hall–Kier alpha value is -2.03. The predicted molar refractivity (Wildman–Crippen MR) is 86.5 cm³/mol. The van der Waals surface area contributed by atoms with Crippen molar-refractivity contribution in [3.63, 3.8) is 0 Å². The van der Waals surface area contributed by atoms with Crippen molar-refractivity contribution >= 4 is 11.4 Å². The molecule has 3 heteroatoms. The minimum atomic E-state index is -0.182. The fraction of sp³-hybridized carbons (Fsp3) is 0.333. The molecule has 2 aromatic carbocycles. The Labute approximate surface area is 125 Å². The van der Waals surface area contributed by atoms with E-state index in [9.17, 15) is 4.39 Å². The van der Waals surface area contributed by atoms with Gasteiger partial charge in [0.2, 0.25) is 0 Å². The number of halogens is 1. The summed E-state index contributed by atoms with van der Waals surface area (Å²) in [6.07, 6.45) is 0. The molecule has 0 spiro atoms. The average molecular weight is 284 g/mol. The first-order chi connectivity index (χ1) is 10.0. The van der Waals surface area contributed by atoms with E-state index in [1.54, 1.807) is 0 Å². The fourth-order valence-corrected chi connectivity index (χ4v) is 2.81. The van der Waals surface area contributed by atoms with E-state index in [2.05, 4.69) is 43.1 Å². The highest BCUT2D eigenvalue weighted by Crippen LogP contribution is 2.35. The second-order valence-corrected chi connectivity index (χ2v) is 5.94. The second kappa shape index (κ2) is 5.40. The van der Waals surface area contributed by atoms with Gasteiger partial charge in [0.25, 0.3) is 0 Å². The van der Waals surface area contributed by atoms with Crippen LogP contribution in [0.3, 0.4) is 0 Å². The van der Waals surface area contributed by atoms with Crippen molar-refractivity contribution in [2.24, 2.45) is 0 Å². The zero-order valence-electron chi connectivity index (χ0n) is 12.8. The molecule has 110 valence electrons. The van der Waals surface area contributed by atoms with Gasteiger partial charge in [0.15, 0.2) is 0 Å². The van der Waals surface area contributed by atoms with Gasteiger partial charge in [-0.3, -0.25) is 0 Å². The Kier molecular flexibility index (Phi) is 3.58. The van der Waals surface area contributed by atoms with Crippen molar-refractivity contribution in [1.29, 1.82) is 0 Å². The maximum absolute atomic E-state index is 13.1. The maximum Gasteiger partial charge on any atom is 0.123 e. The molecule has 1 unspecified atom stereocenters. The summed E-state index contributed by atoms with van der Waals surface area (Å²) < 4.78 is 13.1. The van der Waals surface area contributed by atoms with Crippen molar-refractivity contribution in [3.05, 3.63) is 58.9 Å². The lowest BCUT2D eigenvalue weighted by molar-refractivity contribution is 0.622. The third kappa shape index (κ3) is 2.73. The summed E-state index contributed by atoms with van der Waals surface area (Å²) in [4.78, 5) is 2.39. The van der Waals surface area contributed by atoms with Crippen LogP contribution in [-0.4, -0.2) is 12.6 Å². The Morgan fingerprint density at radius 3 is 2.52 bits per heavy atom. The number of hydrogen-bond acceptors (Lipinski definition) is 2. The number of aryl methyl sites for hydroxylation is 2. The van der Waals surface area contributed by atoms with Crippen molar-refractivity contribution in [2.75, 3.05) is 16.8 Å². The number of fused-ring (bicyclic) bond motifs is 1. The van der Waals surface area contributed by atoms with Gasteiger partial charge in [0, 0.05) is 19.1 Å². The van der Waals surface area contributed by atoms with Crippen molar-refractivity contribution in [2.45, 2.75) is 33.4 Å². The molecule has 0 saturated carbocycles. The normalized spacial score (nSPS) is 17.3. The predicted octanol–water partition coefficient (Wildman–Crippen LogP) is 4.26. The molecular formula is C18H21FN2. The Balaban J connectivity index is 1.95. The van der Waals surface area contributed by atoms with Gasteiger partial charge in [0.1, 0.15) is 5.82 Å². The van der Waals surface area contributed by atoms with Gasteiger partial charge in [0.05, 0.1) is 11.4 Å². The quantitative estimate of drug-likeness (QED) is 0.886. The molecule has 0 aliphatic carbocycles. The van der Waals surface area contributed by atoms with Crippen LogP contribution in [0.15, 0.2) is 36.4 Å². The Morgan fingerprint density at radius 2 is 1.81 bits per heavy atom. The zero-order valence-corrected chi connectivity index (χ0v) is 12.8. The van der Waals surface area contributed by atoms with Gasteiger partial charge in [-0.1, -0.05) is 12.1 Å². The van der Waals surface area contributed by atoms with Crippen molar-refractivity contribution < 1.29 is 4.39 Å². The number of nitrogens with one attached hydrogen (secondary N) is 1. The van der Waals surface area contributed by atoms with Gasteiger partial charge >= 0.3 is 0 Å². The minimum absolute atomic E-state index is 0.182. The van der Waals surface area contributed by atoms with E-state index < -0.39 is 0 Å². The fourth-order valence-electron chi connectivity index (χ4n) is 2.81. The van der Waals surface area contributed by atoms with E-state index >= 15 is 0 Å². The van der Waals surface area contributed by atoms with Gasteiger partial charge < -0.3 is 10.2 Å². The first kappa shape index (κ1) is 13.9. The SMILES string of the molecule is Cc1cc2c(cc1C)N(Cc1ccc(F)cc1)C(C)CN2. The molecule has 0 radical (unpaired) electrons. The largest absolute Gasteiger partial charge is 0.381 e. The molecule has 1 aliphatic heterocycles. The van der Waals surface area contributed by atoms with E-state index in [0.717, 1.165) is 18.7 Å². The van der Waals surface area contributed by atoms with Crippen LogP contribution < -0.4 is 10.2 Å². The molecule has 1 aliphatic rings. The van der Waals surface area contributed by atoms with Crippen molar-refractivity contribution in [1.82, 2.24) is 0 Å². The molecule has 0 bridgehead atoms. The molecule has 3 rings (SSSR count). The van der Waals surface area contributed by atoms with Crippen LogP contribution in [0, 0.1) is 19.7 Å². The van der Waals surface area contributed by atoms with Gasteiger partial charge in [-0.25, -0.2) is 4.39 Å². The lowest BCUT2D eigenvalue weighted by atomic mass is 10.0. The van der Waals surface area contributed by atoms with E-state index in [4.69, 9.17) is 0 Å². The van der Waals surface area contributed by atoms with Crippen molar-refractivity contribution in [3.8, 4) is 0 Å². The van der Waals surface area contributed by atoms with Crippen LogP contribution in [0.4, 0.5) is 15.8 Å². The molecule has 1 heterocycles. The van der Waals surface area contributed by atoms with Crippen LogP contribution in [0.5, 0.6) is 0 Å². The first-order valence-corrected chi connectivity index (χ1v) is 7.41.